The third kappa shape index (κ3) is 5.31. The maximum atomic E-state index is 12.2. The number of carbonyl (C=O) groups excluding carboxylic acids is 1. The minimum absolute atomic E-state index is 0.0564. The van der Waals surface area contributed by atoms with Crippen molar-refractivity contribution in [1.29, 1.82) is 0 Å². The highest BCUT2D eigenvalue weighted by atomic mass is 32.2. The second-order valence-corrected chi connectivity index (χ2v) is 9.33. The normalized spacial score (nSPS) is 30.3. The van der Waals surface area contributed by atoms with E-state index in [-0.39, 0.29) is 23.5 Å². The molecular weight excluding hydrogens is 312 g/mol. The fourth-order valence-corrected chi connectivity index (χ4v) is 5.34. The van der Waals surface area contributed by atoms with E-state index < -0.39 is 9.84 Å². The lowest BCUT2D eigenvalue weighted by Crippen LogP contribution is -2.44. The Labute approximate surface area is 140 Å². The monoisotopic (exact) mass is 342 g/mol. The highest BCUT2D eigenvalue weighted by molar-refractivity contribution is 7.91. The maximum absolute atomic E-state index is 12.2. The van der Waals surface area contributed by atoms with Crippen molar-refractivity contribution in [3.8, 4) is 0 Å². The number of rotatable bonds is 6. The van der Waals surface area contributed by atoms with Crippen LogP contribution in [-0.4, -0.2) is 56.4 Å². The molecule has 1 amide bonds. The number of nitrogens with one attached hydrogen (secondary N) is 1. The smallest absolute Gasteiger partial charge is 0.234 e. The van der Waals surface area contributed by atoms with Gasteiger partial charge in [-0.15, -0.1) is 0 Å². The Bertz CT molecular complexity index is 556. The van der Waals surface area contributed by atoms with Gasteiger partial charge in [0.2, 0.25) is 5.91 Å². The van der Waals surface area contributed by atoms with Gasteiger partial charge in [0.1, 0.15) is 0 Å². The summed E-state index contributed by atoms with van der Waals surface area (Å²) in [5, 5.41) is 2.88. The second kappa shape index (κ2) is 7.79. The van der Waals surface area contributed by atoms with Gasteiger partial charge in [-0.3, -0.25) is 9.69 Å². The van der Waals surface area contributed by atoms with Gasteiger partial charge in [-0.2, -0.15) is 0 Å². The predicted molar refractivity (Wildman–Crippen MR) is 93.0 cm³/mol. The molecule has 5 nitrogen and oxygen atoms in total. The number of sulfone groups is 1. The highest BCUT2D eigenvalue weighted by Crippen LogP contribution is 2.30. The summed E-state index contributed by atoms with van der Waals surface area (Å²) in [7, 11) is -2.95. The molecule has 6 heteroatoms. The quantitative estimate of drug-likeness (QED) is 0.745. The van der Waals surface area contributed by atoms with Crippen LogP contribution in [0.3, 0.4) is 0 Å². The molecule has 0 radical (unpaired) electrons. The Morgan fingerprint density at radius 1 is 1.39 bits per heavy atom. The first-order chi connectivity index (χ1) is 10.8. The zero-order valence-corrected chi connectivity index (χ0v) is 15.4. The second-order valence-electron chi connectivity index (χ2n) is 7.10. The molecule has 1 fully saturated rings. The Kier molecular flexibility index (Phi) is 6.26. The van der Waals surface area contributed by atoms with E-state index in [0.717, 1.165) is 19.5 Å². The van der Waals surface area contributed by atoms with Crippen LogP contribution in [0.2, 0.25) is 0 Å². The Balaban J connectivity index is 1.85. The van der Waals surface area contributed by atoms with E-state index >= 15 is 0 Å². The van der Waals surface area contributed by atoms with Gasteiger partial charge in [0, 0.05) is 12.6 Å². The molecule has 132 valence electrons. The standard InChI is InChI=1S/C17H30N2O3S/c1-4-19(10-16-13(2)6-5-7-14(16)3)11-17(20)18-15-8-9-23(21,22)12-15/h6,14-16H,4-5,7-12H2,1-3H3,(H,18,20)/t14-,15-,16-/m1/s1. The molecule has 1 aliphatic heterocycles. The first-order valence-electron chi connectivity index (χ1n) is 8.69. The number of hydrogen-bond donors (Lipinski definition) is 1. The molecule has 1 saturated heterocycles. The summed E-state index contributed by atoms with van der Waals surface area (Å²) in [6.45, 7) is 8.63. The summed E-state index contributed by atoms with van der Waals surface area (Å²) in [5.41, 5.74) is 1.43. The van der Waals surface area contributed by atoms with Crippen LogP contribution in [0.5, 0.6) is 0 Å². The van der Waals surface area contributed by atoms with Gasteiger partial charge in [0.05, 0.1) is 18.1 Å². The van der Waals surface area contributed by atoms with Gasteiger partial charge in [-0.25, -0.2) is 8.42 Å². The Morgan fingerprint density at radius 3 is 2.70 bits per heavy atom. The van der Waals surface area contributed by atoms with Crippen LogP contribution < -0.4 is 5.32 Å². The zero-order chi connectivity index (χ0) is 17.0. The lowest BCUT2D eigenvalue weighted by atomic mass is 9.80. The van der Waals surface area contributed by atoms with E-state index in [2.05, 4.69) is 37.1 Å². The van der Waals surface area contributed by atoms with Crippen molar-refractivity contribution in [1.82, 2.24) is 10.2 Å². The maximum Gasteiger partial charge on any atom is 0.234 e. The van der Waals surface area contributed by atoms with Gasteiger partial charge >= 0.3 is 0 Å². The van der Waals surface area contributed by atoms with Crippen molar-refractivity contribution < 1.29 is 13.2 Å². The van der Waals surface area contributed by atoms with E-state index in [1.54, 1.807) is 0 Å². The number of likely N-dealkylation sites (N-methyl/N-ethyl adjacent to an activating group) is 1. The van der Waals surface area contributed by atoms with Gasteiger partial charge in [0.25, 0.3) is 0 Å². The fraction of sp³-hybridized carbons (Fsp3) is 0.824. The van der Waals surface area contributed by atoms with Crippen molar-refractivity contribution in [3.05, 3.63) is 11.6 Å². The number of allylic oxidation sites excluding steroid dienone is 1. The zero-order valence-electron chi connectivity index (χ0n) is 14.5. The Morgan fingerprint density at radius 2 is 2.13 bits per heavy atom. The first-order valence-corrected chi connectivity index (χ1v) is 10.5. The van der Waals surface area contributed by atoms with Crippen LogP contribution in [0.4, 0.5) is 0 Å². The van der Waals surface area contributed by atoms with Crippen molar-refractivity contribution >= 4 is 15.7 Å². The molecule has 1 N–H and O–H groups in total. The van der Waals surface area contributed by atoms with E-state index in [4.69, 9.17) is 0 Å². The molecule has 0 aromatic heterocycles. The lowest BCUT2D eigenvalue weighted by molar-refractivity contribution is -0.122. The summed E-state index contributed by atoms with van der Waals surface area (Å²) in [5.74, 6) is 1.39. The van der Waals surface area contributed by atoms with Crippen molar-refractivity contribution in [2.45, 2.75) is 46.1 Å². The summed E-state index contributed by atoms with van der Waals surface area (Å²) in [4.78, 5) is 14.4. The minimum Gasteiger partial charge on any atom is -0.351 e. The largest absolute Gasteiger partial charge is 0.351 e. The van der Waals surface area contributed by atoms with E-state index in [0.29, 0.717) is 24.8 Å². The summed E-state index contributed by atoms with van der Waals surface area (Å²) < 4.78 is 22.9. The van der Waals surface area contributed by atoms with Crippen molar-refractivity contribution in [2.24, 2.45) is 11.8 Å². The summed E-state index contributed by atoms with van der Waals surface area (Å²) >= 11 is 0. The lowest BCUT2D eigenvalue weighted by Gasteiger charge is -2.33. The molecule has 1 aliphatic carbocycles. The third-order valence-electron chi connectivity index (χ3n) is 5.23. The topological polar surface area (TPSA) is 66.5 Å². The molecule has 2 rings (SSSR count). The fourth-order valence-electron chi connectivity index (χ4n) is 3.67. The number of amides is 1. The molecule has 0 aromatic carbocycles. The molecule has 0 saturated carbocycles. The van der Waals surface area contributed by atoms with Crippen LogP contribution >= 0.6 is 0 Å². The highest BCUT2D eigenvalue weighted by Gasteiger charge is 2.30. The van der Waals surface area contributed by atoms with Crippen molar-refractivity contribution in [2.75, 3.05) is 31.1 Å². The van der Waals surface area contributed by atoms with Gasteiger partial charge in [-0.1, -0.05) is 25.5 Å². The van der Waals surface area contributed by atoms with Gasteiger partial charge in [-0.05, 0) is 44.6 Å². The average Bonchev–Trinajstić information content (AvgIpc) is 2.80. The van der Waals surface area contributed by atoms with Gasteiger partial charge < -0.3 is 5.32 Å². The molecular formula is C17H30N2O3S. The molecule has 0 unspecified atom stereocenters. The van der Waals surface area contributed by atoms with E-state index in [1.807, 2.05) is 0 Å². The Hall–Kier alpha value is -0.880. The van der Waals surface area contributed by atoms with Crippen LogP contribution in [0.15, 0.2) is 11.6 Å². The van der Waals surface area contributed by atoms with Crippen molar-refractivity contribution in [3.63, 3.8) is 0 Å². The third-order valence-corrected chi connectivity index (χ3v) is 6.99. The van der Waals surface area contributed by atoms with E-state index in [1.165, 1.54) is 12.0 Å². The summed E-state index contributed by atoms with van der Waals surface area (Å²) in [6, 6.07) is -0.207. The van der Waals surface area contributed by atoms with Crippen LogP contribution in [-0.2, 0) is 14.6 Å². The van der Waals surface area contributed by atoms with Crippen LogP contribution in [0.1, 0.15) is 40.0 Å². The first kappa shape index (κ1) is 18.5. The predicted octanol–water partition coefficient (Wildman–Crippen LogP) is 1.60. The molecule has 0 spiro atoms. The van der Waals surface area contributed by atoms with Crippen LogP contribution in [0, 0.1) is 11.8 Å². The molecule has 0 bridgehead atoms. The molecule has 3 atom stereocenters. The molecule has 23 heavy (non-hydrogen) atoms. The minimum atomic E-state index is -2.95. The number of carbonyl (C=O) groups is 1. The molecule has 1 heterocycles. The average molecular weight is 343 g/mol. The van der Waals surface area contributed by atoms with Gasteiger partial charge in [0.15, 0.2) is 9.84 Å². The number of nitrogens with zero attached hydrogens (tertiary/aromatic N) is 1. The SMILES string of the molecule is CCN(CC(=O)N[C@@H]1CCS(=O)(=O)C1)C[C@@H]1C(C)=CCC[C@H]1C. The summed E-state index contributed by atoms with van der Waals surface area (Å²) in [6.07, 6.45) is 5.24. The number of hydrogen-bond acceptors (Lipinski definition) is 4. The molecule has 2 aliphatic rings. The van der Waals surface area contributed by atoms with Crippen LogP contribution in [0.25, 0.3) is 0 Å². The molecule has 0 aromatic rings. The van der Waals surface area contributed by atoms with E-state index in [9.17, 15) is 13.2 Å².